The molecule has 2 aromatic rings. The smallest absolute Gasteiger partial charge is 0.264 e. The van der Waals surface area contributed by atoms with Gasteiger partial charge in [0.2, 0.25) is 5.91 Å². The molecule has 0 aliphatic heterocycles. The maximum atomic E-state index is 12.2. The van der Waals surface area contributed by atoms with Gasteiger partial charge in [0, 0.05) is 30.5 Å². The molecule has 0 unspecified atom stereocenters. The van der Waals surface area contributed by atoms with Crippen molar-refractivity contribution < 1.29 is 27.5 Å². The summed E-state index contributed by atoms with van der Waals surface area (Å²) in [6.45, 7) is 1.12. The fraction of sp³-hybridized carbons (Fsp3) is 0.158. The lowest BCUT2D eigenvalue weighted by Crippen LogP contribution is -2.28. The summed E-state index contributed by atoms with van der Waals surface area (Å²) in [6, 6.07) is 10.6. The lowest BCUT2D eigenvalue weighted by molar-refractivity contribution is -0.117. The fourth-order valence-electron chi connectivity index (χ4n) is 2.28. The van der Waals surface area contributed by atoms with Crippen LogP contribution in [0, 0.1) is 0 Å². The largest absolute Gasteiger partial charge is 0.493 e. The van der Waals surface area contributed by atoms with Gasteiger partial charge >= 0.3 is 0 Å². The number of allylic oxidation sites excluding steroid dienone is 1. The second-order valence-corrected chi connectivity index (χ2v) is 7.28. The number of anilines is 1. The summed E-state index contributed by atoms with van der Waals surface area (Å²) >= 11 is 0. The van der Waals surface area contributed by atoms with Crippen molar-refractivity contribution in [2.75, 3.05) is 19.5 Å². The number of benzene rings is 2. The van der Waals surface area contributed by atoms with Gasteiger partial charge in [0.1, 0.15) is 0 Å². The number of ketones is 1. The number of hydrogen-bond donors (Lipinski definition) is 2. The maximum absolute atomic E-state index is 12.2. The number of carbonyl (C=O) groups is 2. The van der Waals surface area contributed by atoms with E-state index in [0.717, 1.165) is 6.92 Å². The van der Waals surface area contributed by atoms with Gasteiger partial charge in [0.15, 0.2) is 17.3 Å². The molecule has 148 valence electrons. The molecule has 9 heteroatoms. The number of methoxy groups -OCH3 is 2. The van der Waals surface area contributed by atoms with E-state index in [1.165, 1.54) is 50.8 Å². The Kier molecular flexibility index (Phi) is 6.78. The van der Waals surface area contributed by atoms with E-state index in [9.17, 15) is 18.0 Å². The molecule has 0 radical (unpaired) electrons. The van der Waals surface area contributed by atoms with E-state index >= 15 is 0 Å². The Morgan fingerprint density at radius 2 is 1.61 bits per heavy atom. The highest BCUT2D eigenvalue weighted by atomic mass is 32.2. The van der Waals surface area contributed by atoms with E-state index in [-0.39, 0.29) is 10.7 Å². The molecule has 8 nitrogen and oxygen atoms in total. The molecular weight excluding hydrogens is 384 g/mol. The SMILES string of the molecule is COc1ccc(C(=O)/C=C\Nc2ccc(S(=O)(=O)NC(C)=O)cc2)cc1OC. The van der Waals surface area contributed by atoms with Crippen molar-refractivity contribution in [2.45, 2.75) is 11.8 Å². The third-order valence-electron chi connectivity index (χ3n) is 3.60. The van der Waals surface area contributed by atoms with Crippen LogP contribution in [0.2, 0.25) is 0 Å². The molecular formula is C19H20N2O6S. The van der Waals surface area contributed by atoms with Crippen LogP contribution in [0.4, 0.5) is 5.69 Å². The predicted molar refractivity (Wildman–Crippen MR) is 104 cm³/mol. The van der Waals surface area contributed by atoms with Gasteiger partial charge in [0.05, 0.1) is 19.1 Å². The molecule has 2 rings (SSSR count). The Morgan fingerprint density at radius 1 is 0.964 bits per heavy atom. The number of sulfonamides is 1. The van der Waals surface area contributed by atoms with Crippen molar-refractivity contribution in [1.82, 2.24) is 4.72 Å². The zero-order valence-corrected chi connectivity index (χ0v) is 16.4. The van der Waals surface area contributed by atoms with Gasteiger partial charge in [-0.2, -0.15) is 0 Å². The topological polar surface area (TPSA) is 111 Å². The van der Waals surface area contributed by atoms with Crippen LogP contribution in [0.15, 0.2) is 59.6 Å². The van der Waals surface area contributed by atoms with Crippen LogP contribution in [-0.2, 0) is 14.8 Å². The van der Waals surface area contributed by atoms with Crippen molar-refractivity contribution in [3.63, 3.8) is 0 Å². The highest BCUT2D eigenvalue weighted by molar-refractivity contribution is 7.90. The zero-order valence-electron chi connectivity index (χ0n) is 15.6. The van der Waals surface area contributed by atoms with Crippen LogP contribution in [0.1, 0.15) is 17.3 Å². The molecule has 28 heavy (non-hydrogen) atoms. The molecule has 0 heterocycles. The van der Waals surface area contributed by atoms with Crippen LogP contribution in [0.5, 0.6) is 11.5 Å². The van der Waals surface area contributed by atoms with Gasteiger partial charge in [0.25, 0.3) is 10.0 Å². The minimum Gasteiger partial charge on any atom is -0.493 e. The highest BCUT2D eigenvalue weighted by Crippen LogP contribution is 2.27. The molecule has 1 amide bonds. The molecule has 2 N–H and O–H groups in total. The number of nitrogens with one attached hydrogen (secondary N) is 2. The van der Waals surface area contributed by atoms with Crippen LogP contribution in [0.3, 0.4) is 0 Å². The first-order valence-corrected chi connectivity index (χ1v) is 9.58. The van der Waals surface area contributed by atoms with Gasteiger partial charge in [-0.3, -0.25) is 9.59 Å². The normalized spacial score (nSPS) is 11.1. The van der Waals surface area contributed by atoms with Crippen molar-refractivity contribution in [2.24, 2.45) is 0 Å². The number of ether oxygens (including phenoxy) is 2. The minimum absolute atomic E-state index is 0.0429. The van der Waals surface area contributed by atoms with Crippen LogP contribution in [0.25, 0.3) is 0 Å². The summed E-state index contributed by atoms with van der Waals surface area (Å²) in [5.74, 6) is 0.0539. The lowest BCUT2D eigenvalue weighted by Gasteiger charge is -2.08. The van der Waals surface area contributed by atoms with E-state index < -0.39 is 15.9 Å². The van der Waals surface area contributed by atoms with E-state index in [1.807, 2.05) is 4.72 Å². The van der Waals surface area contributed by atoms with E-state index in [4.69, 9.17) is 9.47 Å². The standard InChI is InChI=1S/C19H20N2O6S/c1-13(22)21-28(24,25)16-7-5-15(6-8-16)20-11-10-17(23)14-4-9-18(26-2)19(12-14)27-3/h4-12,20H,1-3H3,(H,21,22)/b11-10-. The summed E-state index contributed by atoms with van der Waals surface area (Å²) in [6.07, 6.45) is 2.78. The van der Waals surface area contributed by atoms with Gasteiger partial charge < -0.3 is 14.8 Å². The molecule has 0 aliphatic rings. The lowest BCUT2D eigenvalue weighted by atomic mass is 10.1. The van der Waals surface area contributed by atoms with Crippen LogP contribution in [-0.4, -0.2) is 34.3 Å². The summed E-state index contributed by atoms with van der Waals surface area (Å²) in [5, 5.41) is 2.88. The molecule has 2 aromatic carbocycles. The Morgan fingerprint density at radius 3 is 2.18 bits per heavy atom. The third-order valence-corrected chi connectivity index (χ3v) is 5.04. The minimum atomic E-state index is -3.88. The van der Waals surface area contributed by atoms with Crippen molar-refractivity contribution in [1.29, 1.82) is 0 Å². The summed E-state index contributed by atoms with van der Waals surface area (Å²) < 4.78 is 36.0. The average molecular weight is 404 g/mol. The zero-order chi connectivity index (χ0) is 20.7. The van der Waals surface area contributed by atoms with Crippen LogP contribution < -0.4 is 19.5 Å². The van der Waals surface area contributed by atoms with Crippen molar-refractivity contribution in [3.8, 4) is 11.5 Å². The first-order chi connectivity index (χ1) is 13.3. The molecule has 0 saturated heterocycles. The first kappa shape index (κ1) is 21.0. The molecule has 0 saturated carbocycles. The van der Waals surface area contributed by atoms with E-state index in [1.54, 1.807) is 18.2 Å². The first-order valence-electron chi connectivity index (χ1n) is 8.09. The second kappa shape index (κ2) is 9.05. The average Bonchev–Trinajstić information content (AvgIpc) is 2.66. The van der Waals surface area contributed by atoms with Gasteiger partial charge in [-0.05, 0) is 42.5 Å². The highest BCUT2D eigenvalue weighted by Gasteiger charge is 2.14. The van der Waals surface area contributed by atoms with Gasteiger partial charge in [-0.25, -0.2) is 13.1 Å². The second-order valence-electron chi connectivity index (χ2n) is 5.60. The Hall–Kier alpha value is -3.33. The summed E-state index contributed by atoms with van der Waals surface area (Å²) in [7, 11) is -0.885. The Bertz CT molecular complexity index is 998. The number of amides is 1. The monoisotopic (exact) mass is 404 g/mol. The van der Waals surface area contributed by atoms with Crippen molar-refractivity contribution >= 4 is 27.4 Å². The summed E-state index contributed by atoms with van der Waals surface area (Å²) in [4.78, 5) is 23.1. The molecule has 0 aromatic heterocycles. The quantitative estimate of drug-likeness (QED) is 0.513. The number of rotatable bonds is 8. The van der Waals surface area contributed by atoms with Gasteiger partial charge in [-0.15, -0.1) is 0 Å². The van der Waals surface area contributed by atoms with Crippen LogP contribution >= 0.6 is 0 Å². The molecule has 0 fully saturated rings. The van der Waals surface area contributed by atoms with Gasteiger partial charge in [-0.1, -0.05) is 0 Å². The molecule has 0 aliphatic carbocycles. The predicted octanol–water partition coefficient (Wildman–Crippen LogP) is 2.34. The number of hydrogen-bond acceptors (Lipinski definition) is 7. The Labute approximate surface area is 163 Å². The molecule has 0 spiro atoms. The van der Waals surface area contributed by atoms with E-state index in [0.29, 0.717) is 22.7 Å². The maximum Gasteiger partial charge on any atom is 0.264 e. The molecule has 0 bridgehead atoms. The molecule has 0 atom stereocenters. The fourth-order valence-corrected chi connectivity index (χ4v) is 3.27. The Balaban J connectivity index is 2.04. The third kappa shape index (κ3) is 5.34. The summed E-state index contributed by atoms with van der Waals surface area (Å²) in [5.41, 5.74) is 0.991. The number of carbonyl (C=O) groups excluding carboxylic acids is 2. The van der Waals surface area contributed by atoms with E-state index in [2.05, 4.69) is 5.32 Å². The van der Waals surface area contributed by atoms with Crippen molar-refractivity contribution in [3.05, 3.63) is 60.3 Å².